The van der Waals surface area contributed by atoms with Crippen LogP contribution >= 0.6 is 0 Å². The monoisotopic (exact) mass is 253 g/mol. The van der Waals surface area contributed by atoms with Gasteiger partial charge in [-0.2, -0.15) is 0 Å². The molecule has 1 aromatic heterocycles. The van der Waals surface area contributed by atoms with Crippen LogP contribution in [0.4, 0.5) is 0 Å². The molecule has 18 heavy (non-hydrogen) atoms. The van der Waals surface area contributed by atoms with Gasteiger partial charge in [0.15, 0.2) is 0 Å². The maximum absolute atomic E-state index is 11.8. The van der Waals surface area contributed by atoms with Crippen LogP contribution in [-0.2, 0) is 11.3 Å². The number of ether oxygens (including phenoxy) is 1. The highest BCUT2D eigenvalue weighted by molar-refractivity contribution is 5.85. The fraction of sp³-hybridized carbons (Fsp3) is 0.769. The summed E-state index contributed by atoms with van der Waals surface area (Å²) in [7, 11) is 0. The number of carbonyl (C=O) groups excluding carboxylic acids is 1. The molecule has 0 N–H and O–H groups in total. The lowest BCUT2D eigenvalue weighted by Crippen LogP contribution is -2.25. The predicted molar refractivity (Wildman–Crippen MR) is 69.3 cm³/mol. The second kappa shape index (κ2) is 5.50. The average Bonchev–Trinajstić information content (AvgIpc) is 2.59. The van der Waals surface area contributed by atoms with Crippen LogP contribution in [0.5, 0.6) is 0 Å². The first-order valence-corrected chi connectivity index (χ1v) is 6.34. The Morgan fingerprint density at radius 1 is 1.39 bits per heavy atom. The summed E-state index contributed by atoms with van der Waals surface area (Å²) in [6.07, 6.45) is 0. The van der Waals surface area contributed by atoms with Crippen molar-refractivity contribution in [3.8, 4) is 0 Å². The predicted octanol–water partition coefficient (Wildman–Crippen LogP) is 2.45. The molecular formula is C13H23N3O2. The first-order valence-electron chi connectivity index (χ1n) is 6.34. The molecule has 0 radical (unpaired) electrons. The molecular weight excluding hydrogens is 230 g/mol. The average molecular weight is 253 g/mol. The molecule has 1 atom stereocenters. The Kier molecular flexibility index (Phi) is 4.48. The van der Waals surface area contributed by atoms with Crippen molar-refractivity contribution in [2.75, 3.05) is 6.61 Å². The topological polar surface area (TPSA) is 57.0 Å². The van der Waals surface area contributed by atoms with Gasteiger partial charge in [-0.25, -0.2) is 4.79 Å². The van der Waals surface area contributed by atoms with Gasteiger partial charge in [-0.05, 0) is 25.2 Å². The fourth-order valence-electron chi connectivity index (χ4n) is 1.49. The van der Waals surface area contributed by atoms with Gasteiger partial charge in [0, 0.05) is 6.54 Å². The second-order valence-electron chi connectivity index (χ2n) is 5.67. The molecule has 5 nitrogen and oxygen atoms in total. The molecule has 0 bridgehead atoms. The minimum absolute atomic E-state index is 0.169. The molecule has 0 aliphatic carbocycles. The van der Waals surface area contributed by atoms with E-state index in [4.69, 9.17) is 4.74 Å². The van der Waals surface area contributed by atoms with Gasteiger partial charge in [-0.3, -0.25) is 0 Å². The normalized spacial score (nSPS) is 13.4. The van der Waals surface area contributed by atoms with Gasteiger partial charge < -0.3 is 9.30 Å². The Hall–Kier alpha value is -1.39. The van der Waals surface area contributed by atoms with Crippen LogP contribution in [0.2, 0.25) is 0 Å². The molecule has 0 aliphatic heterocycles. The van der Waals surface area contributed by atoms with Gasteiger partial charge in [-0.15, -0.1) is 10.2 Å². The summed E-state index contributed by atoms with van der Waals surface area (Å²) in [5, 5.41) is 7.87. The van der Waals surface area contributed by atoms with E-state index in [0.29, 0.717) is 18.3 Å². The van der Waals surface area contributed by atoms with Gasteiger partial charge in [0.1, 0.15) is 5.82 Å². The van der Waals surface area contributed by atoms with Gasteiger partial charge in [-0.1, -0.05) is 27.7 Å². The highest BCUT2D eigenvalue weighted by Crippen LogP contribution is 2.27. The van der Waals surface area contributed by atoms with E-state index in [1.165, 1.54) is 0 Å². The molecule has 1 aromatic rings. The summed E-state index contributed by atoms with van der Waals surface area (Å²) in [4.78, 5) is 11.8. The number of carbonyl (C=O) groups is 1. The zero-order valence-electron chi connectivity index (χ0n) is 12.1. The maximum Gasteiger partial charge on any atom is 0.376 e. The molecule has 0 aromatic carbocycles. The van der Waals surface area contributed by atoms with E-state index >= 15 is 0 Å². The van der Waals surface area contributed by atoms with E-state index in [-0.39, 0.29) is 5.41 Å². The molecule has 5 heteroatoms. The largest absolute Gasteiger partial charge is 0.460 e. The first kappa shape index (κ1) is 14.7. The molecule has 0 fully saturated rings. The molecule has 0 saturated heterocycles. The van der Waals surface area contributed by atoms with Crippen molar-refractivity contribution in [2.24, 2.45) is 11.3 Å². The third-order valence-electron chi connectivity index (χ3n) is 3.33. The van der Waals surface area contributed by atoms with Crippen LogP contribution in [0.25, 0.3) is 0 Å². The van der Waals surface area contributed by atoms with Crippen molar-refractivity contribution in [2.45, 2.75) is 48.1 Å². The van der Waals surface area contributed by atoms with Crippen molar-refractivity contribution >= 4 is 5.97 Å². The summed E-state index contributed by atoms with van der Waals surface area (Å²) in [6.45, 7) is 13.4. The lowest BCUT2D eigenvalue weighted by atomic mass is 9.82. The van der Waals surface area contributed by atoms with E-state index in [0.717, 1.165) is 12.4 Å². The molecule has 1 heterocycles. The SMILES string of the molecule is CCOC(=O)c1nnc(C)n1CC(C)C(C)(C)C. The number of hydrogen-bond donors (Lipinski definition) is 0. The number of rotatable bonds is 4. The van der Waals surface area contributed by atoms with E-state index in [1.54, 1.807) is 6.92 Å². The number of hydrogen-bond acceptors (Lipinski definition) is 4. The summed E-state index contributed by atoms with van der Waals surface area (Å²) >= 11 is 0. The molecule has 1 rings (SSSR count). The van der Waals surface area contributed by atoms with Gasteiger partial charge in [0.05, 0.1) is 6.61 Å². The highest BCUT2D eigenvalue weighted by Gasteiger charge is 2.25. The third-order valence-corrected chi connectivity index (χ3v) is 3.33. The van der Waals surface area contributed by atoms with Crippen molar-refractivity contribution in [1.82, 2.24) is 14.8 Å². The van der Waals surface area contributed by atoms with Crippen molar-refractivity contribution < 1.29 is 9.53 Å². The fourth-order valence-corrected chi connectivity index (χ4v) is 1.49. The zero-order valence-corrected chi connectivity index (χ0v) is 12.1. The Morgan fingerprint density at radius 2 is 2.00 bits per heavy atom. The summed E-state index contributed by atoms with van der Waals surface area (Å²) in [5.41, 5.74) is 0.169. The lowest BCUT2D eigenvalue weighted by molar-refractivity contribution is 0.0502. The number of esters is 1. The molecule has 0 amide bonds. The lowest BCUT2D eigenvalue weighted by Gasteiger charge is -2.28. The molecule has 0 spiro atoms. The van der Waals surface area contributed by atoms with E-state index in [1.807, 2.05) is 11.5 Å². The molecule has 0 saturated carbocycles. The summed E-state index contributed by atoms with van der Waals surface area (Å²) in [5.74, 6) is 1.04. The second-order valence-corrected chi connectivity index (χ2v) is 5.67. The quantitative estimate of drug-likeness (QED) is 0.773. The van der Waals surface area contributed by atoms with Gasteiger partial charge in [0.25, 0.3) is 0 Å². The molecule has 0 aliphatic rings. The maximum atomic E-state index is 11.8. The van der Waals surface area contributed by atoms with Crippen LogP contribution in [-0.4, -0.2) is 27.3 Å². The Labute approximate surface area is 109 Å². The van der Waals surface area contributed by atoms with Crippen LogP contribution in [0.3, 0.4) is 0 Å². The number of nitrogens with zero attached hydrogens (tertiary/aromatic N) is 3. The van der Waals surface area contributed by atoms with Crippen molar-refractivity contribution in [1.29, 1.82) is 0 Å². The Balaban J connectivity index is 2.95. The molecule has 1 unspecified atom stereocenters. The Bertz CT molecular complexity index is 418. The smallest absolute Gasteiger partial charge is 0.376 e. The van der Waals surface area contributed by atoms with Gasteiger partial charge >= 0.3 is 5.97 Å². The van der Waals surface area contributed by atoms with Crippen molar-refractivity contribution in [3.05, 3.63) is 11.6 Å². The summed E-state index contributed by atoms with van der Waals surface area (Å²) < 4.78 is 6.83. The van der Waals surface area contributed by atoms with Crippen molar-refractivity contribution in [3.63, 3.8) is 0 Å². The standard InChI is InChI=1S/C13H23N3O2/c1-7-18-12(17)11-15-14-10(3)16(11)8-9(2)13(4,5)6/h9H,7-8H2,1-6H3. The van der Waals surface area contributed by atoms with Gasteiger partial charge in [0.2, 0.25) is 5.82 Å². The molecule has 102 valence electrons. The van der Waals surface area contributed by atoms with E-state index in [2.05, 4.69) is 37.9 Å². The Morgan fingerprint density at radius 3 is 2.50 bits per heavy atom. The minimum atomic E-state index is -0.404. The van der Waals surface area contributed by atoms with E-state index in [9.17, 15) is 4.79 Å². The van der Waals surface area contributed by atoms with E-state index < -0.39 is 5.97 Å². The van der Waals surface area contributed by atoms with Crippen LogP contribution in [0, 0.1) is 18.3 Å². The minimum Gasteiger partial charge on any atom is -0.460 e. The van der Waals surface area contributed by atoms with Crippen LogP contribution in [0.15, 0.2) is 0 Å². The third kappa shape index (κ3) is 3.31. The highest BCUT2D eigenvalue weighted by atomic mass is 16.5. The number of aromatic nitrogens is 3. The zero-order chi connectivity index (χ0) is 13.9. The first-order chi connectivity index (χ1) is 8.27. The summed E-state index contributed by atoms with van der Waals surface area (Å²) in [6, 6.07) is 0. The number of aryl methyl sites for hydroxylation is 1. The van der Waals surface area contributed by atoms with Crippen LogP contribution in [0.1, 0.15) is 51.1 Å². The van der Waals surface area contributed by atoms with Crippen LogP contribution < -0.4 is 0 Å².